The number of ether oxygens (including phenoxy) is 1. The molecule has 0 aliphatic carbocycles. The molecule has 0 aliphatic heterocycles. The summed E-state index contributed by atoms with van der Waals surface area (Å²) in [4.78, 5) is 21.2. The summed E-state index contributed by atoms with van der Waals surface area (Å²) in [6.07, 6.45) is 0. The van der Waals surface area contributed by atoms with Gasteiger partial charge in [0.25, 0.3) is 11.6 Å². The van der Waals surface area contributed by atoms with E-state index in [1.807, 2.05) is 0 Å². The number of nitrogens with one attached hydrogen (secondary N) is 1. The fourth-order valence-corrected chi connectivity index (χ4v) is 2.84. The Hall–Kier alpha value is -2.79. The number of alkyl halides is 2. The lowest BCUT2D eigenvalue weighted by Gasteiger charge is -2.09. The monoisotopic (exact) mass is 420 g/mol. The minimum atomic E-state index is -4.72. The molecular weight excluding hydrogens is 410 g/mol. The Kier molecular flexibility index (Phi) is 6.28. The third kappa shape index (κ3) is 5.11. The topological polar surface area (TPSA) is 116 Å². The lowest BCUT2D eigenvalue weighted by molar-refractivity contribution is -0.384. The number of anilines is 1. The first-order chi connectivity index (χ1) is 12.6. The number of nitro benzene ring substituents is 1. The highest BCUT2D eigenvalue weighted by Gasteiger charge is 2.26. The van der Waals surface area contributed by atoms with Gasteiger partial charge in [-0.1, -0.05) is 11.6 Å². The van der Waals surface area contributed by atoms with Crippen LogP contribution in [0.5, 0.6) is 5.75 Å². The molecule has 2 rings (SSSR count). The Balaban J connectivity index is 1.97. The molecule has 1 amide bonds. The van der Waals surface area contributed by atoms with Crippen LogP contribution < -0.4 is 10.1 Å². The molecule has 0 fully saturated rings. The van der Waals surface area contributed by atoms with Crippen LogP contribution in [-0.4, -0.2) is 31.6 Å². The molecule has 27 heavy (non-hydrogen) atoms. The predicted octanol–water partition coefficient (Wildman–Crippen LogP) is 3.26. The minimum Gasteiger partial charge on any atom is -0.482 e. The Bertz CT molecular complexity index is 967. The van der Waals surface area contributed by atoms with Gasteiger partial charge in [-0.15, -0.1) is 0 Å². The average molecular weight is 421 g/mol. The number of rotatable bonds is 7. The van der Waals surface area contributed by atoms with Crippen molar-refractivity contribution in [3.63, 3.8) is 0 Å². The van der Waals surface area contributed by atoms with Crippen molar-refractivity contribution in [1.29, 1.82) is 0 Å². The number of carbonyl (C=O) groups is 1. The van der Waals surface area contributed by atoms with Crippen LogP contribution in [0.1, 0.15) is 0 Å². The molecule has 0 atom stereocenters. The molecule has 0 spiro atoms. The summed E-state index contributed by atoms with van der Waals surface area (Å²) < 4.78 is 52.7. The van der Waals surface area contributed by atoms with Crippen LogP contribution in [0.3, 0.4) is 0 Å². The smallest absolute Gasteiger partial charge is 0.341 e. The van der Waals surface area contributed by atoms with E-state index in [1.54, 1.807) is 0 Å². The Morgan fingerprint density at radius 1 is 1.22 bits per heavy atom. The first-order valence-electron chi connectivity index (χ1n) is 7.10. The highest BCUT2D eigenvalue weighted by atomic mass is 35.5. The van der Waals surface area contributed by atoms with E-state index in [1.165, 1.54) is 6.07 Å². The Labute approximate surface area is 156 Å². The molecule has 12 heteroatoms. The normalized spacial score (nSPS) is 11.3. The van der Waals surface area contributed by atoms with Crippen molar-refractivity contribution < 1.29 is 31.7 Å². The number of nitro groups is 1. The van der Waals surface area contributed by atoms with E-state index in [0.717, 1.165) is 36.4 Å². The molecule has 0 unspecified atom stereocenters. The van der Waals surface area contributed by atoms with Gasteiger partial charge in [-0.2, -0.15) is 8.78 Å². The van der Waals surface area contributed by atoms with E-state index in [-0.39, 0.29) is 22.1 Å². The molecule has 0 aliphatic rings. The fraction of sp³-hybridized carbons (Fsp3) is 0.133. The number of benzene rings is 2. The van der Waals surface area contributed by atoms with E-state index >= 15 is 0 Å². The maximum atomic E-state index is 12.4. The van der Waals surface area contributed by atoms with E-state index < -0.39 is 37.9 Å². The van der Waals surface area contributed by atoms with Crippen LogP contribution >= 0.6 is 11.6 Å². The fourth-order valence-electron chi connectivity index (χ4n) is 1.89. The zero-order valence-electron chi connectivity index (χ0n) is 13.3. The summed E-state index contributed by atoms with van der Waals surface area (Å²) >= 11 is 5.82. The SMILES string of the molecule is O=C(COc1ccc([N+](=O)[O-])cc1Cl)Nc1ccc(S(=O)(=O)C(F)F)cc1. The number of carbonyl (C=O) groups excluding carboxylic acids is 1. The molecule has 1 N–H and O–H groups in total. The molecule has 0 radical (unpaired) electrons. The maximum Gasteiger partial charge on any atom is 0.341 e. The molecule has 0 saturated carbocycles. The number of nitrogens with zero attached hydrogens (tertiary/aromatic N) is 1. The van der Waals surface area contributed by atoms with Gasteiger partial charge in [0.05, 0.1) is 14.8 Å². The van der Waals surface area contributed by atoms with Gasteiger partial charge in [0.1, 0.15) is 5.75 Å². The largest absolute Gasteiger partial charge is 0.482 e. The zero-order chi connectivity index (χ0) is 20.2. The molecule has 0 bridgehead atoms. The summed E-state index contributed by atoms with van der Waals surface area (Å²) in [6.45, 7) is -0.491. The predicted molar refractivity (Wildman–Crippen MR) is 91.9 cm³/mol. The molecule has 2 aromatic rings. The van der Waals surface area contributed by atoms with Crippen LogP contribution in [0.15, 0.2) is 47.4 Å². The standard InChI is InChI=1S/C15H11ClF2N2O6S/c16-12-7-10(20(22)23)3-6-13(12)26-8-14(21)19-9-1-4-11(5-2-9)27(24,25)15(17)18/h1-7,15H,8H2,(H,19,21). The van der Waals surface area contributed by atoms with Gasteiger partial charge in [0, 0.05) is 17.8 Å². The average Bonchev–Trinajstić information content (AvgIpc) is 2.60. The van der Waals surface area contributed by atoms with Crippen molar-refractivity contribution in [2.45, 2.75) is 10.7 Å². The van der Waals surface area contributed by atoms with Gasteiger partial charge < -0.3 is 10.1 Å². The third-order valence-electron chi connectivity index (χ3n) is 3.19. The summed E-state index contributed by atoms with van der Waals surface area (Å²) in [5.41, 5.74) is -0.0812. The number of sulfone groups is 1. The van der Waals surface area contributed by atoms with Crippen molar-refractivity contribution in [2.24, 2.45) is 0 Å². The molecule has 2 aromatic carbocycles. The summed E-state index contributed by atoms with van der Waals surface area (Å²) in [5, 5.41) is 12.9. The highest BCUT2D eigenvalue weighted by Crippen LogP contribution is 2.28. The van der Waals surface area contributed by atoms with Crippen molar-refractivity contribution in [1.82, 2.24) is 0 Å². The number of non-ortho nitro benzene ring substituents is 1. The number of halogens is 3. The number of amides is 1. The van der Waals surface area contributed by atoms with Gasteiger partial charge >= 0.3 is 5.76 Å². The van der Waals surface area contributed by atoms with Crippen molar-refractivity contribution in [3.05, 3.63) is 57.6 Å². The number of hydrogen-bond donors (Lipinski definition) is 1. The number of hydrogen-bond acceptors (Lipinski definition) is 6. The minimum absolute atomic E-state index is 0.0517. The van der Waals surface area contributed by atoms with E-state index in [2.05, 4.69) is 5.32 Å². The zero-order valence-corrected chi connectivity index (χ0v) is 14.8. The van der Waals surface area contributed by atoms with Crippen LogP contribution in [0, 0.1) is 10.1 Å². The van der Waals surface area contributed by atoms with Crippen LogP contribution in [0.4, 0.5) is 20.2 Å². The third-order valence-corrected chi connectivity index (χ3v) is 4.88. The molecule has 0 saturated heterocycles. The maximum absolute atomic E-state index is 12.4. The van der Waals surface area contributed by atoms with E-state index in [9.17, 15) is 32.1 Å². The molecule has 0 heterocycles. The van der Waals surface area contributed by atoms with Gasteiger partial charge in [-0.25, -0.2) is 8.42 Å². The van der Waals surface area contributed by atoms with Crippen molar-refractivity contribution >= 4 is 38.7 Å². The van der Waals surface area contributed by atoms with Gasteiger partial charge in [0.2, 0.25) is 9.84 Å². The molecular formula is C15H11ClF2N2O6S. The van der Waals surface area contributed by atoms with Gasteiger partial charge in [-0.05, 0) is 30.3 Å². The van der Waals surface area contributed by atoms with E-state index in [4.69, 9.17) is 16.3 Å². The second kappa shape index (κ2) is 8.27. The van der Waals surface area contributed by atoms with E-state index in [0.29, 0.717) is 0 Å². The first-order valence-corrected chi connectivity index (χ1v) is 9.02. The second-order valence-corrected chi connectivity index (χ2v) is 7.36. The molecule has 0 aromatic heterocycles. The molecule has 144 valence electrons. The molecule has 8 nitrogen and oxygen atoms in total. The second-order valence-electron chi connectivity index (χ2n) is 5.04. The van der Waals surface area contributed by atoms with Crippen LogP contribution in [0.2, 0.25) is 5.02 Å². The Morgan fingerprint density at radius 2 is 1.85 bits per heavy atom. The van der Waals surface area contributed by atoms with Crippen LogP contribution in [-0.2, 0) is 14.6 Å². The summed E-state index contributed by atoms with van der Waals surface area (Å²) in [6, 6.07) is 7.62. The lowest BCUT2D eigenvalue weighted by Crippen LogP contribution is -2.20. The van der Waals surface area contributed by atoms with Crippen LogP contribution in [0.25, 0.3) is 0 Å². The highest BCUT2D eigenvalue weighted by molar-refractivity contribution is 7.91. The lowest BCUT2D eigenvalue weighted by atomic mass is 10.3. The Morgan fingerprint density at radius 3 is 2.37 bits per heavy atom. The van der Waals surface area contributed by atoms with Gasteiger partial charge in [0.15, 0.2) is 6.61 Å². The first kappa shape index (κ1) is 20.5. The summed E-state index contributed by atoms with van der Waals surface area (Å²) in [7, 11) is -4.72. The van der Waals surface area contributed by atoms with Gasteiger partial charge in [-0.3, -0.25) is 14.9 Å². The summed E-state index contributed by atoms with van der Waals surface area (Å²) in [5.74, 6) is -4.14. The quantitative estimate of drug-likeness (QED) is 0.543. The van der Waals surface area contributed by atoms with Crippen molar-refractivity contribution in [2.75, 3.05) is 11.9 Å². The van der Waals surface area contributed by atoms with Crippen molar-refractivity contribution in [3.8, 4) is 5.75 Å².